The molecule has 1 saturated heterocycles. The third kappa shape index (κ3) is 5.10. The van der Waals surface area contributed by atoms with E-state index >= 15 is 0 Å². The highest BCUT2D eigenvalue weighted by Gasteiger charge is 2.18. The summed E-state index contributed by atoms with van der Waals surface area (Å²) >= 11 is 0. The second-order valence-electron chi connectivity index (χ2n) is 8.59. The van der Waals surface area contributed by atoms with Gasteiger partial charge in [-0.1, -0.05) is 0 Å². The van der Waals surface area contributed by atoms with Gasteiger partial charge in [0.15, 0.2) is 5.43 Å². The molecule has 1 aromatic heterocycles. The van der Waals surface area contributed by atoms with Crippen molar-refractivity contribution >= 4 is 16.9 Å². The molecule has 1 fully saturated rings. The van der Waals surface area contributed by atoms with E-state index in [2.05, 4.69) is 4.90 Å². The lowest BCUT2D eigenvalue weighted by Gasteiger charge is -2.21. The number of aliphatic hydroxyl groups is 1. The number of hydrogen-bond acceptors (Lipinski definition) is 7. The van der Waals surface area contributed by atoms with Crippen molar-refractivity contribution in [1.82, 2.24) is 4.90 Å². The van der Waals surface area contributed by atoms with Crippen LogP contribution in [0.3, 0.4) is 0 Å². The molecular formula is C26H29NO6. The van der Waals surface area contributed by atoms with Gasteiger partial charge in [-0.2, -0.15) is 0 Å². The molecule has 2 aromatic carbocycles. The van der Waals surface area contributed by atoms with Gasteiger partial charge in [0.25, 0.3) is 0 Å². The zero-order valence-electron chi connectivity index (χ0n) is 19.2. The minimum atomic E-state index is -0.546. The quantitative estimate of drug-likeness (QED) is 0.548. The van der Waals surface area contributed by atoms with Gasteiger partial charge >= 0.3 is 5.97 Å². The summed E-state index contributed by atoms with van der Waals surface area (Å²) < 4.78 is 16.7. The molecule has 0 spiro atoms. The van der Waals surface area contributed by atoms with Crippen LogP contribution in [0, 0.1) is 13.8 Å². The molecule has 2 heterocycles. The van der Waals surface area contributed by atoms with Crippen LogP contribution in [0.4, 0.5) is 0 Å². The normalized spacial score (nSPS) is 15.0. The van der Waals surface area contributed by atoms with Gasteiger partial charge in [-0.3, -0.25) is 4.79 Å². The molecule has 0 radical (unpaired) electrons. The Labute approximate surface area is 192 Å². The summed E-state index contributed by atoms with van der Waals surface area (Å²) in [4.78, 5) is 26.7. The summed E-state index contributed by atoms with van der Waals surface area (Å²) in [6.45, 7) is 6.78. The van der Waals surface area contributed by atoms with Crippen molar-refractivity contribution < 1.29 is 23.8 Å². The maximum absolute atomic E-state index is 12.7. The number of esters is 1. The molecule has 1 aliphatic heterocycles. The minimum absolute atomic E-state index is 0.227. The standard InChI is InChI=1S/C26H29NO6/c1-16-10-19(11-17(2)25(16)32-15-20(28)14-27-8-4-5-9-27)24-13-22(29)21-12-18(26(30)31-3)6-7-23(21)33-24/h6-7,10-13,20,28H,4-5,8-9,14-15H2,1-3H3. The number of nitrogens with zero attached hydrogens (tertiary/aromatic N) is 1. The van der Waals surface area contributed by atoms with Crippen molar-refractivity contribution in [3.8, 4) is 17.1 Å². The van der Waals surface area contributed by atoms with Crippen molar-refractivity contribution in [3.05, 3.63) is 63.3 Å². The number of aliphatic hydroxyl groups excluding tert-OH is 1. The smallest absolute Gasteiger partial charge is 0.337 e. The predicted octanol–water partition coefficient (Wildman–Crippen LogP) is 3.70. The Hall–Kier alpha value is -3.16. The van der Waals surface area contributed by atoms with E-state index in [1.807, 2.05) is 26.0 Å². The maximum Gasteiger partial charge on any atom is 0.337 e. The first-order chi connectivity index (χ1) is 15.9. The molecule has 3 aromatic rings. The Kier molecular flexibility index (Phi) is 6.81. The van der Waals surface area contributed by atoms with Gasteiger partial charge in [0.2, 0.25) is 0 Å². The summed E-state index contributed by atoms with van der Waals surface area (Å²) in [7, 11) is 1.30. The van der Waals surface area contributed by atoms with Crippen LogP contribution in [0.15, 0.2) is 45.6 Å². The molecule has 33 heavy (non-hydrogen) atoms. The highest BCUT2D eigenvalue weighted by atomic mass is 16.5. The lowest BCUT2D eigenvalue weighted by molar-refractivity contribution is 0.0601. The van der Waals surface area contributed by atoms with E-state index < -0.39 is 12.1 Å². The average Bonchev–Trinajstić information content (AvgIpc) is 3.30. The van der Waals surface area contributed by atoms with Crippen molar-refractivity contribution in [2.45, 2.75) is 32.8 Å². The summed E-state index contributed by atoms with van der Waals surface area (Å²) in [5.41, 5.74) is 2.99. The molecule has 1 atom stereocenters. The highest BCUT2D eigenvalue weighted by Crippen LogP contribution is 2.31. The van der Waals surface area contributed by atoms with Crippen molar-refractivity contribution in [1.29, 1.82) is 0 Å². The van der Waals surface area contributed by atoms with Crippen LogP contribution < -0.4 is 10.2 Å². The fourth-order valence-electron chi connectivity index (χ4n) is 4.36. The van der Waals surface area contributed by atoms with Crippen molar-refractivity contribution in [2.24, 2.45) is 0 Å². The van der Waals surface area contributed by atoms with Gasteiger partial charge in [0.1, 0.15) is 29.8 Å². The summed E-state index contributed by atoms with van der Waals surface area (Å²) in [5, 5.41) is 10.7. The number of methoxy groups -OCH3 is 1. The van der Waals surface area contributed by atoms with Crippen LogP contribution in [0.5, 0.6) is 5.75 Å². The first kappa shape index (κ1) is 23.0. The second kappa shape index (κ2) is 9.77. The van der Waals surface area contributed by atoms with Gasteiger partial charge in [0, 0.05) is 18.2 Å². The molecule has 0 bridgehead atoms. The second-order valence-corrected chi connectivity index (χ2v) is 8.59. The molecule has 0 aliphatic carbocycles. The molecule has 1 unspecified atom stereocenters. The molecule has 1 N–H and O–H groups in total. The predicted molar refractivity (Wildman–Crippen MR) is 126 cm³/mol. The van der Waals surface area contributed by atoms with E-state index in [0.29, 0.717) is 28.8 Å². The third-order valence-electron chi connectivity index (χ3n) is 5.98. The molecule has 174 valence electrons. The van der Waals surface area contributed by atoms with E-state index in [-0.39, 0.29) is 12.0 Å². The first-order valence-corrected chi connectivity index (χ1v) is 11.2. The van der Waals surface area contributed by atoms with Crippen LogP contribution in [0.25, 0.3) is 22.3 Å². The Morgan fingerprint density at radius 3 is 2.48 bits per heavy atom. The summed E-state index contributed by atoms with van der Waals surface area (Å²) in [6, 6.07) is 9.90. The third-order valence-corrected chi connectivity index (χ3v) is 5.98. The number of ether oxygens (including phenoxy) is 2. The Morgan fingerprint density at radius 1 is 1.12 bits per heavy atom. The van der Waals surface area contributed by atoms with E-state index in [4.69, 9.17) is 13.9 Å². The van der Waals surface area contributed by atoms with Gasteiger partial charge in [-0.15, -0.1) is 0 Å². The number of hydrogen-bond donors (Lipinski definition) is 1. The van der Waals surface area contributed by atoms with Gasteiger partial charge in [-0.25, -0.2) is 4.79 Å². The zero-order valence-corrected chi connectivity index (χ0v) is 19.2. The minimum Gasteiger partial charge on any atom is -0.490 e. The molecule has 4 rings (SSSR count). The number of β-amino-alcohol motifs (C(OH)–C–C–N with tert-alkyl or cyclic N) is 1. The molecular weight excluding hydrogens is 422 g/mol. The molecule has 0 saturated carbocycles. The number of fused-ring (bicyclic) bond motifs is 1. The van der Waals surface area contributed by atoms with Crippen LogP contribution in [-0.4, -0.2) is 55.4 Å². The monoisotopic (exact) mass is 451 g/mol. The van der Waals surface area contributed by atoms with Gasteiger partial charge in [0.05, 0.1) is 18.1 Å². The highest BCUT2D eigenvalue weighted by molar-refractivity contribution is 5.94. The maximum atomic E-state index is 12.7. The fourth-order valence-corrected chi connectivity index (χ4v) is 4.36. The first-order valence-electron chi connectivity index (χ1n) is 11.2. The number of benzene rings is 2. The van der Waals surface area contributed by atoms with Crippen LogP contribution in [-0.2, 0) is 4.74 Å². The van der Waals surface area contributed by atoms with Crippen LogP contribution in [0.1, 0.15) is 34.3 Å². The van der Waals surface area contributed by atoms with E-state index in [1.54, 1.807) is 12.1 Å². The lowest BCUT2D eigenvalue weighted by atomic mass is 10.0. The zero-order chi connectivity index (χ0) is 23.5. The summed E-state index contributed by atoms with van der Waals surface area (Å²) in [6.07, 6.45) is 1.82. The number of carbonyl (C=O) groups excluding carboxylic acids is 1. The fraction of sp³-hybridized carbons (Fsp3) is 0.385. The van der Waals surface area contributed by atoms with Crippen LogP contribution in [0.2, 0.25) is 0 Å². The Balaban J connectivity index is 1.55. The Bertz CT molecular complexity index is 1200. The molecule has 7 heteroatoms. The number of rotatable bonds is 7. The largest absolute Gasteiger partial charge is 0.490 e. The SMILES string of the molecule is COC(=O)c1ccc2oc(-c3cc(C)c(OCC(O)CN4CCCC4)c(C)c3)cc(=O)c2c1. The average molecular weight is 452 g/mol. The molecule has 0 amide bonds. The van der Waals surface area contributed by atoms with Crippen molar-refractivity contribution in [3.63, 3.8) is 0 Å². The van der Waals surface area contributed by atoms with Crippen LogP contribution >= 0.6 is 0 Å². The topological polar surface area (TPSA) is 89.2 Å². The van der Waals surface area contributed by atoms with E-state index in [0.717, 1.165) is 35.5 Å². The number of likely N-dealkylation sites (tertiary alicyclic amines) is 1. The van der Waals surface area contributed by atoms with E-state index in [1.165, 1.54) is 32.1 Å². The van der Waals surface area contributed by atoms with Crippen molar-refractivity contribution in [2.75, 3.05) is 33.4 Å². The number of aryl methyl sites for hydroxylation is 2. The van der Waals surface area contributed by atoms with Gasteiger partial charge < -0.3 is 23.9 Å². The molecule has 7 nitrogen and oxygen atoms in total. The van der Waals surface area contributed by atoms with E-state index in [9.17, 15) is 14.7 Å². The lowest BCUT2D eigenvalue weighted by Crippen LogP contribution is -2.33. The van der Waals surface area contributed by atoms with Gasteiger partial charge in [-0.05, 0) is 81.2 Å². The Morgan fingerprint density at radius 2 is 1.82 bits per heavy atom. The summed E-state index contributed by atoms with van der Waals surface area (Å²) in [5.74, 6) is 0.656. The number of carbonyl (C=O) groups is 1. The molecule has 1 aliphatic rings.